The van der Waals surface area contributed by atoms with E-state index >= 15 is 0 Å². The summed E-state index contributed by atoms with van der Waals surface area (Å²) in [7, 11) is 0. The number of hydrogen-bond acceptors (Lipinski definition) is 7. The van der Waals surface area contributed by atoms with Crippen molar-refractivity contribution in [3.05, 3.63) is 251 Å². The van der Waals surface area contributed by atoms with Gasteiger partial charge in [-0.25, -0.2) is 0 Å². The van der Waals surface area contributed by atoms with E-state index in [0.717, 1.165) is 43.8 Å². The molecule has 0 bridgehead atoms. The minimum absolute atomic E-state index is 0.276. The van der Waals surface area contributed by atoms with Gasteiger partial charge in [-0.15, -0.1) is 11.8 Å². The van der Waals surface area contributed by atoms with E-state index in [1.54, 1.807) is 11.8 Å². The highest BCUT2D eigenvalue weighted by molar-refractivity contribution is 7.99. The summed E-state index contributed by atoms with van der Waals surface area (Å²) < 4.78 is 40.8. The maximum atomic E-state index is 7.26. The quantitative estimate of drug-likeness (QED) is 0.0852. The van der Waals surface area contributed by atoms with Crippen molar-refractivity contribution < 1.29 is 28.4 Å². The monoisotopic (exact) mass is 848 g/mol. The van der Waals surface area contributed by atoms with Crippen LogP contribution in [0.15, 0.2) is 217 Å². The van der Waals surface area contributed by atoms with Crippen LogP contribution >= 0.6 is 11.8 Å². The highest BCUT2D eigenvalue weighted by atomic mass is 32.2. The Bertz CT molecular complexity index is 2630. The normalized spacial score (nSPS) is 15.4. The molecule has 8 aromatic rings. The van der Waals surface area contributed by atoms with Crippen molar-refractivity contribution in [2.24, 2.45) is 0 Å². The smallest absolute Gasteiger partial charge is 0.162 e. The highest BCUT2D eigenvalue weighted by Crippen LogP contribution is 2.56. The van der Waals surface area contributed by atoms with Crippen molar-refractivity contribution in [2.45, 2.75) is 55.4 Å². The average molecular weight is 849 g/mol. The fourth-order valence-corrected chi connectivity index (χ4v) is 8.85. The lowest BCUT2D eigenvalue weighted by Crippen LogP contribution is -2.36. The third-order valence-corrected chi connectivity index (χ3v) is 12.1. The molecule has 314 valence electrons. The van der Waals surface area contributed by atoms with Gasteiger partial charge < -0.3 is 28.4 Å². The van der Waals surface area contributed by atoms with Crippen LogP contribution in [0.3, 0.4) is 0 Å². The van der Waals surface area contributed by atoms with Crippen molar-refractivity contribution in [3.8, 4) is 28.7 Å². The summed E-state index contributed by atoms with van der Waals surface area (Å²) in [5.41, 5.74) is 7.08. The molecule has 7 heteroatoms. The fourth-order valence-electron chi connectivity index (χ4n) is 7.54. The molecule has 0 spiro atoms. The van der Waals surface area contributed by atoms with Crippen LogP contribution < -0.4 is 23.7 Å². The topological polar surface area (TPSA) is 55.4 Å². The summed E-state index contributed by atoms with van der Waals surface area (Å²) in [5.74, 6) is 3.24. The summed E-state index contributed by atoms with van der Waals surface area (Å²) in [5, 5.41) is -0.276. The number of thioether (sulfide) groups is 1. The Balaban J connectivity index is 1.15. The number of benzene rings is 8. The molecule has 63 heavy (non-hydrogen) atoms. The van der Waals surface area contributed by atoms with Crippen LogP contribution in [0.2, 0.25) is 0 Å². The first-order valence-corrected chi connectivity index (χ1v) is 22.1. The molecule has 0 radical (unpaired) electrons. The number of rotatable bonds is 18. The molecular weight excluding hydrogens is 801 g/mol. The molecule has 3 atom stereocenters. The zero-order chi connectivity index (χ0) is 42.5. The lowest BCUT2D eigenvalue weighted by Gasteiger charge is -2.40. The molecule has 0 saturated heterocycles. The van der Waals surface area contributed by atoms with E-state index < -0.39 is 12.2 Å². The molecule has 1 aliphatic rings. The van der Waals surface area contributed by atoms with Crippen LogP contribution in [0.25, 0.3) is 0 Å². The third-order valence-electron chi connectivity index (χ3n) is 10.8. The van der Waals surface area contributed by atoms with E-state index in [0.29, 0.717) is 61.8 Å². The lowest BCUT2D eigenvalue weighted by atomic mass is 9.92. The molecule has 0 unspecified atom stereocenters. The van der Waals surface area contributed by atoms with Gasteiger partial charge in [-0.2, -0.15) is 0 Å². The van der Waals surface area contributed by atoms with Crippen molar-refractivity contribution in [2.75, 3.05) is 0 Å². The number of fused-ring (bicyclic) bond motifs is 1. The minimum atomic E-state index is -0.573. The van der Waals surface area contributed by atoms with Crippen LogP contribution in [0.4, 0.5) is 0 Å². The van der Waals surface area contributed by atoms with Crippen molar-refractivity contribution in [3.63, 3.8) is 0 Å². The second-order valence-corrected chi connectivity index (χ2v) is 16.5. The highest BCUT2D eigenvalue weighted by Gasteiger charge is 2.43. The Morgan fingerprint density at radius 1 is 0.397 bits per heavy atom. The molecule has 0 amide bonds. The van der Waals surface area contributed by atoms with Crippen molar-refractivity contribution >= 4 is 11.8 Å². The Kier molecular flexibility index (Phi) is 13.6. The Labute approximate surface area is 374 Å². The predicted molar refractivity (Wildman–Crippen MR) is 249 cm³/mol. The molecule has 0 aliphatic carbocycles. The molecule has 0 saturated carbocycles. The lowest BCUT2D eigenvalue weighted by molar-refractivity contribution is -0.0487. The van der Waals surface area contributed by atoms with Crippen LogP contribution in [0.5, 0.6) is 28.7 Å². The second kappa shape index (κ2) is 20.8. The van der Waals surface area contributed by atoms with E-state index in [1.165, 1.54) is 0 Å². The molecular formula is C56H48O6S. The van der Waals surface area contributed by atoms with E-state index in [1.807, 2.05) is 121 Å². The molecule has 0 fully saturated rings. The Morgan fingerprint density at radius 3 is 1.37 bits per heavy atom. The van der Waals surface area contributed by atoms with Gasteiger partial charge in [0.2, 0.25) is 0 Å². The molecule has 8 aromatic carbocycles. The van der Waals surface area contributed by atoms with E-state index in [9.17, 15) is 0 Å². The largest absolute Gasteiger partial charge is 0.489 e. The van der Waals surface area contributed by atoms with Gasteiger partial charge in [-0.1, -0.05) is 176 Å². The van der Waals surface area contributed by atoms with Gasteiger partial charge in [0.1, 0.15) is 49.8 Å². The SMILES string of the molecule is c1ccc(COc2cc(OCc3ccccc3)c3c(c2)O[C@H](c2ccc(OCc4ccccc4)c(OCc4ccccc4)c2)[C@@H](OCc2ccccc2)[C@H]3Sc2ccccc2)cc1. The zero-order valence-electron chi connectivity index (χ0n) is 34.8. The van der Waals surface area contributed by atoms with Crippen LogP contribution in [-0.2, 0) is 37.8 Å². The molecule has 0 N–H and O–H groups in total. The first-order valence-electron chi connectivity index (χ1n) is 21.2. The Morgan fingerprint density at radius 2 is 0.841 bits per heavy atom. The van der Waals surface area contributed by atoms with Gasteiger partial charge in [-0.3, -0.25) is 0 Å². The van der Waals surface area contributed by atoms with Gasteiger partial charge in [0, 0.05) is 17.0 Å². The Hall–Kier alpha value is -6.93. The predicted octanol–water partition coefficient (Wildman–Crippen LogP) is 13.6. The minimum Gasteiger partial charge on any atom is -0.489 e. The van der Waals surface area contributed by atoms with Crippen molar-refractivity contribution in [1.82, 2.24) is 0 Å². The molecule has 6 nitrogen and oxygen atoms in total. The molecule has 1 heterocycles. The molecule has 0 aromatic heterocycles. The summed E-state index contributed by atoms with van der Waals surface area (Å²) >= 11 is 1.74. The number of hydrogen-bond donors (Lipinski definition) is 0. The van der Waals surface area contributed by atoms with Crippen LogP contribution in [-0.4, -0.2) is 6.10 Å². The van der Waals surface area contributed by atoms with Gasteiger partial charge in [0.05, 0.1) is 17.4 Å². The maximum Gasteiger partial charge on any atom is 0.162 e. The van der Waals surface area contributed by atoms with Crippen LogP contribution in [0, 0.1) is 0 Å². The van der Waals surface area contributed by atoms with Gasteiger partial charge in [0.15, 0.2) is 17.6 Å². The van der Waals surface area contributed by atoms with E-state index in [4.69, 9.17) is 28.4 Å². The van der Waals surface area contributed by atoms with Crippen LogP contribution in [0.1, 0.15) is 50.3 Å². The first-order chi connectivity index (χ1) is 31.2. The standard InChI is InChI=1S/C56H48O6S/c1-7-19-41(20-8-1)36-57-47-34-51(60-39-44-25-13-4-14-26-44)53-52(35-47)62-54(55(61-40-45-27-15-5-16-28-45)56(53)63-48-29-17-6-18-30-48)46-31-32-49(58-37-42-21-9-2-10-22-42)50(33-46)59-38-43-23-11-3-12-24-43/h1-35,54-56H,36-40H2/t54-,55-,56+/m1/s1. The summed E-state index contributed by atoms with van der Waals surface area (Å²) in [6.07, 6.45) is -1.06. The van der Waals surface area contributed by atoms with E-state index in [-0.39, 0.29) is 5.25 Å². The first kappa shape index (κ1) is 41.4. The average Bonchev–Trinajstić information content (AvgIpc) is 3.35. The van der Waals surface area contributed by atoms with E-state index in [2.05, 4.69) is 91.0 Å². The number of ether oxygens (including phenoxy) is 6. The summed E-state index contributed by atoms with van der Waals surface area (Å²) in [6, 6.07) is 71.5. The van der Waals surface area contributed by atoms with Crippen molar-refractivity contribution in [1.29, 1.82) is 0 Å². The fraction of sp³-hybridized carbons (Fsp3) is 0.143. The molecule has 9 rings (SSSR count). The van der Waals surface area contributed by atoms with Gasteiger partial charge >= 0.3 is 0 Å². The summed E-state index contributed by atoms with van der Waals surface area (Å²) in [6.45, 7) is 1.89. The second-order valence-electron chi connectivity index (χ2n) is 15.3. The van der Waals surface area contributed by atoms with Gasteiger partial charge in [-0.05, 0) is 57.6 Å². The molecule has 1 aliphatic heterocycles. The maximum absolute atomic E-state index is 7.26. The third kappa shape index (κ3) is 10.9. The zero-order valence-corrected chi connectivity index (χ0v) is 35.6. The summed E-state index contributed by atoms with van der Waals surface area (Å²) in [4.78, 5) is 1.09. The van der Waals surface area contributed by atoms with Gasteiger partial charge in [0.25, 0.3) is 0 Å².